The van der Waals surface area contributed by atoms with E-state index in [-0.39, 0.29) is 23.1 Å². The van der Waals surface area contributed by atoms with Crippen molar-refractivity contribution in [2.24, 2.45) is 0 Å². The average Bonchev–Trinajstić information content (AvgIpc) is 3.11. The molecule has 1 amide bonds. The van der Waals surface area contributed by atoms with E-state index in [1.807, 2.05) is 38.1 Å². The highest BCUT2D eigenvalue weighted by atomic mass is 16.2. The molecule has 0 bridgehead atoms. The highest BCUT2D eigenvalue weighted by molar-refractivity contribution is 5.94. The Morgan fingerprint density at radius 3 is 2.54 bits per heavy atom. The van der Waals surface area contributed by atoms with Gasteiger partial charge in [-0.05, 0) is 56.9 Å². The zero-order chi connectivity index (χ0) is 18.9. The Labute approximate surface area is 153 Å². The fraction of sp³-hybridized carbons (Fsp3) is 0.381. The van der Waals surface area contributed by atoms with E-state index in [0.29, 0.717) is 6.54 Å². The number of nitriles is 1. The normalized spacial score (nSPS) is 17.2. The molecule has 1 aromatic heterocycles. The summed E-state index contributed by atoms with van der Waals surface area (Å²) >= 11 is 0. The Morgan fingerprint density at radius 1 is 1.23 bits per heavy atom. The van der Waals surface area contributed by atoms with Gasteiger partial charge in [0.2, 0.25) is 0 Å². The van der Waals surface area contributed by atoms with E-state index >= 15 is 0 Å². The molecule has 2 heterocycles. The predicted molar refractivity (Wildman–Crippen MR) is 99.9 cm³/mol. The molecular weight excluding hydrogens is 326 g/mol. The SMILES string of the molecule is Cc1ccc(C(=O)N2CCC[C@@H]2c2ccc(C(C)(C)C#N)cc2)c(=O)[nH]1. The largest absolute Gasteiger partial charge is 0.331 e. The topological polar surface area (TPSA) is 77.0 Å². The minimum absolute atomic E-state index is 0.0394. The molecule has 0 radical (unpaired) electrons. The number of nitrogens with one attached hydrogen (secondary N) is 1. The second kappa shape index (κ2) is 6.80. The molecule has 0 spiro atoms. The maximum atomic E-state index is 12.9. The second-order valence-corrected chi connectivity index (χ2v) is 7.40. The van der Waals surface area contributed by atoms with E-state index < -0.39 is 5.41 Å². The fourth-order valence-corrected chi connectivity index (χ4v) is 3.44. The number of hydrogen-bond acceptors (Lipinski definition) is 3. The van der Waals surface area contributed by atoms with Crippen LogP contribution in [0.15, 0.2) is 41.2 Å². The molecule has 1 fully saturated rings. The molecule has 1 saturated heterocycles. The molecule has 26 heavy (non-hydrogen) atoms. The highest BCUT2D eigenvalue weighted by Gasteiger charge is 2.32. The number of amides is 1. The van der Waals surface area contributed by atoms with Gasteiger partial charge in [-0.2, -0.15) is 5.26 Å². The lowest BCUT2D eigenvalue weighted by atomic mass is 9.85. The van der Waals surface area contributed by atoms with Crippen molar-refractivity contribution in [3.8, 4) is 6.07 Å². The van der Waals surface area contributed by atoms with Crippen molar-refractivity contribution in [1.29, 1.82) is 5.26 Å². The van der Waals surface area contributed by atoms with Gasteiger partial charge in [-0.3, -0.25) is 9.59 Å². The van der Waals surface area contributed by atoms with Crippen LogP contribution in [-0.4, -0.2) is 22.3 Å². The van der Waals surface area contributed by atoms with Crippen molar-refractivity contribution in [2.45, 2.75) is 45.1 Å². The Balaban J connectivity index is 1.88. The van der Waals surface area contributed by atoms with Gasteiger partial charge in [0.05, 0.1) is 17.5 Å². The molecule has 5 nitrogen and oxygen atoms in total. The molecular formula is C21H23N3O2. The van der Waals surface area contributed by atoms with Crippen molar-refractivity contribution < 1.29 is 4.79 Å². The number of carbonyl (C=O) groups is 1. The smallest absolute Gasteiger partial charge is 0.260 e. The molecule has 1 N–H and O–H groups in total. The van der Waals surface area contributed by atoms with Crippen molar-refractivity contribution in [3.63, 3.8) is 0 Å². The molecule has 0 aliphatic carbocycles. The number of hydrogen-bond donors (Lipinski definition) is 1. The van der Waals surface area contributed by atoms with Crippen molar-refractivity contribution in [2.75, 3.05) is 6.54 Å². The number of aromatic amines is 1. The van der Waals surface area contributed by atoms with Gasteiger partial charge in [0, 0.05) is 12.2 Å². The molecule has 3 rings (SSSR count). The summed E-state index contributed by atoms with van der Waals surface area (Å²) in [7, 11) is 0. The van der Waals surface area contributed by atoms with Gasteiger partial charge in [-0.25, -0.2) is 0 Å². The van der Waals surface area contributed by atoms with Crippen LogP contribution in [0.25, 0.3) is 0 Å². The number of benzene rings is 1. The first-order chi connectivity index (χ1) is 12.3. The highest BCUT2D eigenvalue weighted by Crippen LogP contribution is 2.34. The molecule has 0 unspecified atom stereocenters. The molecule has 5 heteroatoms. The second-order valence-electron chi connectivity index (χ2n) is 7.40. The van der Waals surface area contributed by atoms with Crippen LogP contribution in [0.3, 0.4) is 0 Å². The third kappa shape index (κ3) is 3.28. The maximum absolute atomic E-state index is 12.9. The Kier molecular flexibility index (Phi) is 4.69. The van der Waals surface area contributed by atoms with Crippen LogP contribution in [0.1, 0.15) is 59.9 Å². The molecule has 2 aromatic rings. The van der Waals surface area contributed by atoms with Crippen molar-refractivity contribution >= 4 is 5.91 Å². The first-order valence-corrected chi connectivity index (χ1v) is 8.86. The lowest BCUT2D eigenvalue weighted by molar-refractivity contribution is 0.0734. The lowest BCUT2D eigenvalue weighted by Crippen LogP contribution is -2.34. The number of likely N-dealkylation sites (tertiary alicyclic amines) is 1. The monoisotopic (exact) mass is 349 g/mol. The molecule has 134 valence electrons. The van der Waals surface area contributed by atoms with Gasteiger partial charge < -0.3 is 9.88 Å². The summed E-state index contributed by atoms with van der Waals surface area (Å²) in [5.41, 5.74) is 2.03. The van der Waals surface area contributed by atoms with Crippen LogP contribution in [0.4, 0.5) is 0 Å². The van der Waals surface area contributed by atoms with Crippen LogP contribution in [0.2, 0.25) is 0 Å². The Hall–Kier alpha value is -2.87. The van der Waals surface area contributed by atoms with E-state index in [9.17, 15) is 14.9 Å². The number of carbonyl (C=O) groups excluding carboxylic acids is 1. The van der Waals surface area contributed by atoms with Crippen molar-refractivity contribution in [1.82, 2.24) is 9.88 Å². The van der Waals surface area contributed by atoms with Gasteiger partial charge in [0.1, 0.15) is 5.56 Å². The van der Waals surface area contributed by atoms with E-state index in [0.717, 1.165) is 29.7 Å². The molecule has 1 atom stereocenters. The van der Waals surface area contributed by atoms with E-state index in [1.54, 1.807) is 24.0 Å². The fourth-order valence-electron chi connectivity index (χ4n) is 3.44. The number of pyridine rings is 1. The number of nitrogens with zero attached hydrogens (tertiary/aromatic N) is 2. The summed E-state index contributed by atoms with van der Waals surface area (Å²) in [5.74, 6) is -0.227. The van der Waals surface area contributed by atoms with Gasteiger partial charge in [0.25, 0.3) is 11.5 Å². The third-order valence-corrected chi connectivity index (χ3v) is 5.10. The first-order valence-electron chi connectivity index (χ1n) is 8.86. The van der Waals surface area contributed by atoms with Crippen LogP contribution < -0.4 is 5.56 Å². The van der Waals surface area contributed by atoms with Crippen LogP contribution >= 0.6 is 0 Å². The minimum Gasteiger partial charge on any atom is -0.331 e. The number of aromatic nitrogens is 1. The Morgan fingerprint density at radius 2 is 1.92 bits per heavy atom. The molecule has 1 aliphatic heterocycles. The predicted octanol–water partition coefficient (Wildman–Crippen LogP) is 3.46. The third-order valence-electron chi connectivity index (χ3n) is 5.10. The van der Waals surface area contributed by atoms with Gasteiger partial charge in [-0.15, -0.1) is 0 Å². The van der Waals surface area contributed by atoms with E-state index in [1.165, 1.54) is 0 Å². The van der Waals surface area contributed by atoms with Gasteiger partial charge in [-0.1, -0.05) is 24.3 Å². The lowest BCUT2D eigenvalue weighted by Gasteiger charge is -2.26. The standard InChI is InChI=1S/C21H23N3O2/c1-14-6-11-17(19(25)23-14)20(26)24-12-4-5-18(24)15-7-9-16(10-8-15)21(2,3)13-22/h6-11,18H,4-5,12H2,1-3H3,(H,23,25)/t18-/m1/s1. The van der Waals surface area contributed by atoms with Crippen LogP contribution in [0.5, 0.6) is 0 Å². The van der Waals surface area contributed by atoms with E-state index in [2.05, 4.69) is 11.1 Å². The van der Waals surface area contributed by atoms with Gasteiger partial charge >= 0.3 is 0 Å². The van der Waals surface area contributed by atoms with E-state index in [4.69, 9.17) is 0 Å². The van der Waals surface area contributed by atoms with Gasteiger partial charge in [0.15, 0.2) is 0 Å². The summed E-state index contributed by atoms with van der Waals surface area (Å²) in [6.07, 6.45) is 1.78. The van der Waals surface area contributed by atoms with Crippen LogP contribution in [0, 0.1) is 18.3 Å². The zero-order valence-electron chi connectivity index (χ0n) is 15.4. The zero-order valence-corrected chi connectivity index (χ0v) is 15.4. The minimum atomic E-state index is -0.543. The first kappa shape index (κ1) is 17.9. The summed E-state index contributed by atoms with van der Waals surface area (Å²) < 4.78 is 0. The molecule has 0 saturated carbocycles. The van der Waals surface area contributed by atoms with Crippen molar-refractivity contribution in [3.05, 3.63) is 69.1 Å². The molecule has 1 aromatic carbocycles. The average molecular weight is 349 g/mol. The summed E-state index contributed by atoms with van der Waals surface area (Å²) in [6, 6.07) is 13.5. The summed E-state index contributed by atoms with van der Waals surface area (Å²) in [4.78, 5) is 29.5. The summed E-state index contributed by atoms with van der Waals surface area (Å²) in [6.45, 7) is 6.20. The van der Waals surface area contributed by atoms with Crippen LogP contribution in [-0.2, 0) is 5.41 Å². The number of rotatable bonds is 3. The Bertz CT molecular complexity index is 920. The number of aryl methyl sites for hydroxylation is 1. The molecule has 1 aliphatic rings. The quantitative estimate of drug-likeness (QED) is 0.922. The summed E-state index contributed by atoms with van der Waals surface area (Å²) in [5, 5.41) is 9.28. The maximum Gasteiger partial charge on any atom is 0.260 e. The number of H-pyrrole nitrogens is 1.